The van der Waals surface area contributed by atoms with Crippen LogP contribution in [0.5, 0.6) is 0 Å². The van der Waals surface area contributed by atoms with Gasteiger partial charge in [-0.2, -0.15) is 0 Å². The third-order valence-electron chi connectivity index (χ3n) is 2.09. The van der Waals surface area contributed by atoms with E-state index in [0.29, 0.717) is 5.95 Å². The van der Waals surface area contributed by atoms with E-state index in [1.54, 1.807) is 12.4 Å². The Bertz CT molecular complexity index is 393. The van der Waals surface area contributed by atoms with Gasteiger partial charge in [-0.1, -0.05) is 23.2 Å². The molecular weight excluding hydrogens is 185 g/mol. The Labute approximate surface area is 90.0 Å². The lowest BCUT2D eigenvalue weighted by atomic mass is 10.0. The highest BCUT2D eigenvalue weighted by Gasteiger charge is 1.96. The molecular formula is C11H12BN3. The molecule has 15 heavy (non-hydrogen) atoms. The molecule has 0 unspecified atom stereocenters. The van der Waals surface area contributed by atoms with Crippen molar-refractivity contribution < 1.29 is 0 Å². The summed E-state index contributed by atoms with van der Waals surface area (Å²) >= 11 is 0. The number of benzene rings is 1. The molecule has 0 fully saturated rings. The molecule has 3 nitrogen and oxygen atoms in total. The average molecular weight is 197 g/mol. The lowest BCUT2D eigenvalue weighted by molar-refractivity contribution is 1.18. The normalized spacial score (nSPS) is 9.93. The van der Waals surface area contributed by atoms with Crippen molar-refractivity contribution in [2.75, 3.05) is 5.32 Å². The summed E-state index contributed by atoms with van der Waals surface area (Å²) in [6.45, 7) is 2.06. The smallest absolute Gasteiger partial charge is 0.227 e. The second kappa shape index (κ2) is 4.13. The second-order valence-corrected chi connectivity index (χ2v) is 3.58. The van der Waals surface area contributed by atoms with Crippen LogP contribution in [-0.4, -0.2) is 17.8 Å². The van der Waals surface area contributed by atoms with Crippen LogP contribution in [0.1, 0.15) is 5.56 Å². The van der Waals surface area contributed by atoms with Crippen LogP contribution in [0.3, 0.4) is 0 Å². The molecule has 2 aromatic rings. The Kier molecular flexibility index (Phi) is 2.67. The minimum absolute atomic E-state index is 0.629. The molecule has 0 saturated carbocycles. The highest BCUT2D eigenvalue weighted by molar-refractivity contribution is 6.31. The van der Waals surface area contributed by atoms with Crippen LogP contribution in [-0.2, 0) is 0 Å². The number of rotatable bonds is 2. The molecule has 1 heterocycles. The zero-order valence-corrected chi connectivity index (χ0v) is 8.86. The third-order valence-corrected chi connectivity index (χ3v) is 2.09. The first kappa shape index (κ1) is 9.71. The number of hydrogen-bond acceptors (Lipinski definition) is 3. The minimum atomic E-state index is 0.629. The number of anilines is 2. The number of aromatic nitrogens is 2. The van der Waals surface area contributed by atoms with Gasteiger partial charge in [0.15, 0.2) is 0 Å². The quantitative estimate of drug-likeness (QED) is 0.723. The lowest BCUT2D eigenvalue weighted by Gasteiger charge is -2.04. The van der Waals surface area contributed by atoms with Crippen molar-refractivity contribution in [1.82, 2.24) is 9.97 Å². The van der Waals surface area contributed by atoms with E-state index in [9.17, 15) is 0 Å². The SMILES string of the molecule is Bc1cnc(Nc2ccc(C)cc2)nc1. The standard InChI is InChI=1S/C11H12BN3/c1-8-2-4-10(5-3-8)15-11-13-6-9(12)7-14-11/h2-7H,12H2,1H3,(H,13,14,15). The molecule has 0 bridgehead atoms. The average Bonchev–Trinajstić information content (AvgIpc) is 2.25. The Hall–Kier alpha value is -1.84. The van der Waals surface area contributed by atoms with Crippen molar-refractivity contribution in [2.24, 2.45) is 0 Å². The van der Waals surface area contributed by atoms with Crippen molar-refractivity contribution in [3.05, 3.63) is 42.2 Å². The number of nitrogens with zero attached hydrogens (tertiary/aromatic N) is 2. The zero-order chi connectivity index (χ0) is 10.7. The topological polar surface area (TPSA) is 37.8 Å². The maximum Gasteiger partial charge on any atom is 0.227 e. The molecule has 1 aromatic heterocycles. The Morgan fingerprint density at radius 2 is 1.67 bits per heavy atom. The molecule has 0 spiro atoms. The maximum atomic E-state index is 4.17. The first-order valence-electron chi connectivity index (χ1n) is 4.86. The van der Waals surface area contributed by atoms with Gasteiger partial charge >= 0.3 is 0 Å². The Balaban J connectivity index is 2.15. The fraction of sp³-hybridized carbons (Fsp3) is 0.0909. The van der Waals surface area contributed by atoms with E-state index in [1.165, 1.54) is 5.56 Å². The molecule has 4 heteroatoms. The molecule has 0 aliphatic carbocycles. The van der Waals surface area contributed by atoms with Crippen molar-refractivity contribution in [2.45, 2.75) is 6.92 Å². The highest BCUT2D eigenvalue weighted by atomic mass is 15.1. The first-order valence-corrected chi connectivity index (χ1v) is 4.86. The molecule has 0 saturated heterocycles. The summed E-state index contributed by atoms with van der Waals surface area (Å²) in [5.41, 5.74) is 3.30. The zero-order valence-electron chi connectivity index (χ0n) is 8.86. The molecule has 2 rings (SSSR count). The first-order chi connectivity index (χ1) is 7.24. The Morgan fingerprint density at radius 1 is 1.07 bits per heavy atom. The van der Waals surface area contributed by atoms with Crippen LogP contribution < -0.4 is 10.8 Å². The van der Waals surface area contributed by atoms with Gasteiger partial charge in [0, 0.05) is 18.1 Å². The van der Waals surface area contributed by atoms with Crippen molar-refractivity contribution in [3.63, 3.8) is 0 Å². The number of hydrogen-bond donors (Lipinski definition) is 1. The Morgan fingerprint density at radius 3 is 2.27 bits per heavy atom. The van der Waals surface area contributed by atoms with Gasteiger partial charge in [-0.15, -0.1) is 0 Å². The third kappa shape index (κ3) is 2.56. The fourth-order valence-corrected chi connectivity index (χ4v) is 1.22. The van der Waals surface area contributed by atoms with Crippen LogP contribution in [0.25, 0.3) is 0 Å². The van der Waals surface area contributed by atoms with Crippen LogP contribution in [0, 0.1) is 6.92 Å². The minimum Gasteiger partial charge on any atom is -0.324 e. The van der Waals surface area contributed by atoms with E-state index >= 15 is 0 Å². The van der Waals surface area contributed by atoms with Gasteiger partial charge in [0.25, 0.3) is 0 Å². The van der Waals surface area contributed by atoms with Crippen molar-refractivity contribution in [3.8, 4) is 0 Å². The van der Waals surface area contributed by atoms with Gasteiger partial charge in [-0.3, -0.25) is 0 Å². The monoisotopic (exact) mass is 197 g/mol. The number of aryl methyl sites for hydroxylation is 1. The predicted molar refractivity (Wildman–Crippen MR) is 64.7 cm³/mol. The summed E-state index contributed by atoms with van der Waals surface area (Å²) in [4.78, 5) is 8.35. The van der Waals surface area contributed by atoms with Gasteiger partial charge in [0.2, 0.25) is 5.95 Å². The fourth-order valence-electron chi connectivity index (χ4n) is 1.22. The lowest BCUT2D eigenvalue weighted by Crippen LogP contribution is -2.06. The molecule has 0 aliphatic heterocycles. The van der Waals surface area contributed by atoms with E-state index in [0.717, 1.165) is 11.2 Å². The van der Waals surface area contributed by atoms with E-state index < -0.39 is 0 Å². The largest absolute Gasteiger partial charge is 0.324 e. The number of nitrogens with one attached hydrogen (secondary N) is 1. The van der Waals surface area contributed by atoms with Gasteiger partial charge in [0.1, 0.15) is 7.85 Å². The van der Waals surface area contributed by atoms with Gasteiger partial charge in [0.05, 0.1) is 0 Å². The summed E-state index contributed by atoms with van der Waals surface area (Å²) < 4.78 is 0. The summed E-state index contributed by atoms with van der Waals surface area (Å²) in [5, 5.41) is 3.14. The van der Waals surface area contributed by atoms with Crippen LogP contribution in [0.2, 0.25) is 0 Å². The van der Waals surface area contributed by atoms with Crippen molar-refractivity contribution >= 4 is 24.9 Å². The van der Waals surface area contributed by atoms with Crippen LogP contribution in [0.15, 0.2) is 36.7 Å². The second-order valence-electron chi connectivity index (χ2n) is 3.58. The van der Waals surface area contributed by atoms with E-state index in [-0.39, 0.29) is 0 Å². The molecule has 74 valence electrons. The molecule has 0 amide bonds. The predicted octanol–water partition coefficient (Wildman–Crippen LogP) is 0.787. The summed E-state index contributed by atoms with van der Waals surface area (Å²) in [7, 11) is 1.97. The molecule has 1 aromatic carbocycles. The molecule has 0 atom stereocenters. The summed E-state index contributed by atoms with van der Waals surface area (Å²) in [5.74, 6) is 0.629. The van der Waals surface area contributed by atoms with Gasteiger partial charge < -0.3 is 5.32 Å². The highest BCUT2D eigenvalue weighted by Crippen LogP contribution is 2.12. The maximum absolute atomic E-state index is 4.17. The van der Waals surface area contributed by atoms with Crippen LogP contribution in [0.4, 0.5) is 11.6 Å². The van der Waals surface area contributed by atoms with Crippen LogP contribution >= 0.6 is 0 Å². The van der Waals surface area contributed by atoms with E-state index in [4.69, 9.17) is 0 Å². The van der Waals surface area contributed by atoms with Gasteiger partial charge in [-0.25, -0.2) is 9.97 Å². The van der Waals surface area contributed by atoms with E-state index in [1.807, 2.05) is 20.0 Å². The van der Waals surface area contributed by atoms with Crippen molar-refractivity contribution in [1.29, 1.82) is 0 Å². The van der Waals surface area contributed by atoms with E-state index in [2.05, 4.69) is 34.3 Å². The summed E-state index contributed by atoms with van der Waals surface area (Å²) in [6, 6.07) is 8.13. The molecule has 0 aliphatic rings. The van der Waals surface area contributed by atoms with Gasteiger partial charge in [-0.05, 0) is 19.1 Å². The summed E-state index contributed by atoms with van der Waals surface area (Å²) in [6.07, 6.45) is 3.59. The molecule has 1 N–H and O–H groups in total. The molecule has 0 radical (unpaired) electrons.